The van der Waals surface area contributed by atoms with Crippen molar-refractivity contribution in [2.75, 3.05) is 6.61 Å². The number of aromatic nitrogens is 2. The van der Waals surface area contributed by atoms with E-state index in [9.17, 15) is 23.1 Å². The quantitative estimate of drug-likeness (QED) is 0.510. The minimum Gasteiger partial charge on any atom is -0.392 e. The molecule has 0 spiro atoms. The maximum Gasteiger partial charge on any atom is 0.465 e. The van der Waals surface area contributed by atoms with Crippen LogP contribution in [0.2, 0.25) is 0 Å². The summed E-state index contributed by atoms with van der Waals surface area (Å²) >= 11 is 0. The smallest absolute Gasteiger partial charge is 0.392 e. The zero-order valence-corrected chi connectivity index (χ0v) is 10.3. The number of hydrogen-bond acceptors (Lipinski definition) is 5. The standard InChI is InChI=1S/C11H13F3N2O4/c12-11(13,14)10(3-4-10)8(17)2-7-19-20-9(18)16-6-1-5-15-16/h1,5-6,8,17H,2-4,7H2. The molecule has 1 aliphatic carbocycles. The lowest BCUT2D eigenvalue weighted by molar-refractivity contribution is -0.252. The number of carbonyl (C=O) groups is 1. The third kappa shape index (κ3) is 2.93. The average Bonchev–Trinajstić information content (AvgIpc) is 3.03. The van der Waals surface area contributed by atoms with E-state index >= 15 is 0 Å². The van der Waals surface area contributed by atoms with Crippen LogP contribution in [0.15, 0.2) is 18.5 Å². The Bertz CT molecular complexity index is 457. The van der Waals surface area contributed by atoms with Crippen LogP contribution in [-0.2, 0) is 9.78 Å². The fraction of sp³-hybridized carbons (Fsp3) is 0.636. The predicted octanol–water partition coefficient (Wildman–Crippen LogP) is 1.89. The number of carbonyl (C=O) groups excluding carboxylic acids is 1. The molecule has 0 aromatic carbocycles. The second kappa shape index (κ2) is 5.41. The first-order valence-electron chi connectivity index (χ1n) is 5.95. The molecule has 0 aliphatic heterocycles. The van der Waals surface area contributed by atoms with Gasteiger partial charge in [0.2, 0.25) is 0 Å². The van der Waals surface area contributed by atoms with E-state index in [0.717, 1.165) is 4.68 Å². The van der Waals surface area contributed by atoms with Crippen molar-refractivity contribution in [2.24, 2.45) is 5.41 Å². The molecule has 1 aliphatic rings. The molecule has 2 rings (SSSR count). The molecule has 0 amide bonds. The molecule has 1 saturated carbocycles. The van der Waals surface area contributed by atoms with Crippen molar-refractivity contribution in [1.29, 1.82) is 0 Å². The molecule has 20 heavy (non-hydrogen) atoms. The molecule has 0 radical (unpaired) electrons. The highest BCUT2D eigenvalue weighted by molar-refractivity contribution is 5.68. The molecule has 9 heteroatoms. The van der Waals surface area contributed by atoms with Gasteiger partial charge in [-0.05, 0) is 18.9 Å². The fourth-order valence-electron chi connectivity index (χ4n) is 1.88. The third-order valence-corrected chi connectivity index (χ3v) is 3.29. The zero-order valence-electron chi connectivity index (χ0n) is 10.3. The first-order chi connectivity index (χ1) is 9.37. The topological polar surface area (TPSA) is 73.6 Å². The summed E-state index contributed by atoms with van der Waals surface area (Å²) in [5, 5.41) is 13.1. The molecular formula is C11H13F3N2O4. The number of alkyl halides is 3. The molecular weight excluding hydrogens is 281 g/mol. The molecule has 1 aromatic heterocycles. The first-order valence-corrected chi connectivity index (χ1v) is 5.95. The third-order valence-electron chi connectivity index (χ3n) is 3.29. The molecule has 1 fully saturated rings. The first kappa shape index (κ1) is 14.8. The van der Waals surface area contributed by atoms with Gasteiger partial charge < -0.3 is 5.11 Å². The van der Waals surface area contributed by atoms with Gasteiger partial charge in [-0.25, -0.2) is 4.79 Å². The van der Waals surface area contributed by atoms with E-state index < -0.39 is 23.8 Å². The molecule has 112 valence electrons. The summed E-state index contributed by atoms with van der Waals surface area (Å²) in [5.74, 6) is 0. The SMILES string of the molecule is O=C(OOCCC(O)C1(C(F)(F)F)CC1)n1cccn1. The second-order valence-electron chi connectivity index (χ2n) is 4.58. The molecule has 1 unspecified atom stereocenters. The lowest BCUT2D eigenvalue weighted by Crippen LogP contribution is -2.37. The van der Waals surface area contributed by atoms with Crippen molar-refractivity contribution in [3.8, 4) is 0 Å². The van der Waals surface area contributed by atoms with Crippen molar-refractivity contribution in [2.45, 2.75) is 31.5 Å². The largest absolute Gasteiger partial charge is 0.465 e. The number of rotatable bonds is 5. The van der Waals surface area contributed by atoms with Gasteiger partial charge in [0.15, 0.2) is 0 Å². The van der Waals surface area contributed by atoms with E-state index in [1.54, 1.807) is 0 Å². The predicted molar refractivity (Wildman–Crippen MR) is 58.4 cm³/mol. The van der Waals surface area contributed by atoms with Crippen LogP contribution in [0, 0.1) is 5.41 Å². The van der Waals surface area contributed by atoms with E-state index in [-0.39, 0.29) is 25.9 Å². The minimum absolute atomic E-state index is 0.0925. The molecule has 1 N–H and O–H groups in total. The summed E-state index contributed by atoms with van der Waals surface area (Å²) in [6.45, 7) is -0.327. The average molecular weight is 294 g/mol. The Morgan fingerprint density at radius 3 is 2.70 bits per heavy atom. The minimum atomic E-state index is -4.43. The van der Waals surface area contributed by atoms with Crippen LogP contribution in [0.3, 0.4) is 0 Å². The Kier molecular flexibility index (Phi) is 4.00. The number of hydrogen-bond donors (Lipinski definition) is 1. The lowest BCUT2D eigenvalue weighted by Gasteiger charge is -2.24. The normalized spacial score (nSPS) is 18.6. The van der Waals surface area contributed by atoms with Crippen molar-refractivity contribution in [1.82, 2.24) is 9.78 Å². The number of aliphatic hydroxyl groups is 1. The van der Waals surface area contributed by atoms with Crippen molar-refractivity contribution in [3.05, 3.63) is 18.5 Å². The second-order valence-corrected chi connectivity index (χ2v) is 4.58. The highest BCUT2D eigenvalue weighted by atomic mass is 19.4. The van der Waals surface area contributed by atoms with Crippen LogP contribution in [0.1, 0.15) is 19.3 Å². The Balaban J connectivity index is 1.70. The van der Waals surface area contributed by atoms with Gasteiger partial charge in [0.05, 0.1) is 18.1 Å². The summed E-state index contributed by atoms with van der Waals surface area (Å²) in [6.07, 6.45) is -4.69. The summed E-state index contributed by atoms with van der Waals surface area (Å²) in [5.41, 5.74) is -2.03. The monoisotopic (exact) mass is 294 g/mol. The van der Waals surface area contributed by atoms with Gasteiger partial charge in [0.25, 0.3) is 0 Å². The van der Waals surface area contributed by atoms with E-state index in [0.29, 0.717) is 0 Å². The van der Waals surface area contributed by atoms with E-state index in [2.05, 4.69) is 14.9 Å². The fourth-order valence-corrected chi connectivity index (χ4v) is 1.88. The summed E-state index contributed by atoms with van der Waals surface area (Å²) in [7, 11) is 0. The maximum atomic E-state index is 12.7. The molecule has 0 saturated heterocycles. The Labute approximate surface area is 112 Å². The van der Waals surface area contributed by atoms with Crippen molar-refractivity contribution < 1.29 is 32.8 Å². The molecule has 1 aromatic rings. The summed E-state index contributed by atoms with van der Waals surface area (Å²) in [6, 6.07) is 1.49. The van der Waals surface area contributed by atoms with Crippen LogP contribution in [0.4, 0.5) is 18.0 Å². The van der Waals surface area contributed by atoms with Gasteiger partial charge in [-0.3, -0.25) is 4.89 Å². The maximum absolute atomic E-state index is 12.7. The summed E-state index contributed by atoms with van der Waals surface area (Å²) < 4.78 is 38.9. The van der Waals surface area contributed by atoms with Gasteiger partial charge in [-0.2, -0.15) is 27.8 Å². The number of aliphatic hydroxyl groups excluding tert-OH is 1. The zero-order chi connectivity index (χ0) is 14.8. The van der Waals surface area contributed by atoms with Gasteiger partial charge in [-0.15, -0.1) is 0 Å². The van der Waals surface area contributed by atoms with Crippen LogP contribution < -0.4 is 0 Å². The van der Waals surface area contributed by atoms with Crippen LogP contribution >= 0.6 is 0 Å². The number of nitrogens with zero attached hydrogens (tertiary/aromatic N) is 2. The molecule has 6 nitrogen and oxygen atoms in total. The van der Waals surface area contributed by atoms with Crippen LogP contribution in [0.25, 0.3) is 0 Å². The molecule has 0 bridgehead atoms. The van der Waals surface area contributed by atoms with E-state index in [1.165, 1.54) is 18.5 Å². The molecule has 1 heterocycles. The highest BCUT2D eigenvalue weighted by Gasteiger charge is 2.66. The van der Waals surface area contributed by atoms with Crippen molar-refractivity contribution in [3.63, 3.8) is 0 Å². The lowest BCUT2D eigenvalue weighted by atomic mass is 9.96. The number of halogens is 3. The molecule has 1 atom stereocenters. The van der Waals surface area contributed by atoms with E-state index in [4.69, 9.17) is 0 Å². The van der Waals surface area contributed by atoms with Gasteiger partial charge in [0.1, 0.15) is 0 Å². The Hall–Kier alpha value is -1.61. The highest BCUT2D eigenvalue weighted by Crippen LogP contribution is 2.60. The van der Waals surface area contributed by atoms with Crippen LogP contribution in [-0.4, -0.2) is 39.9 Å². The van der Waals surface area contributed by atoms with E-state index in [1.807, 2.05) is 0 Å². The Morgan fingerprint density at radius 2 is 2.20 bits per heavy atom. The Morgan fingerprint density at radius 1 is 1.50 bits per heavy atom. The van der Waals surface area contributed by atoms with Gasteiger partial charge in [-0.1, -0.05) is 0 Å². The van der Waals surface area contributed by atoms with Crippen molar-refractivity contribution >= 4 is 6.09 Å². The van der Waals surface area contributed by atoms with Gasteiger partial charge in [0, 0.05) is 18.8 Å². The van der Waals surface area contributed by atoms with Crippen LogP contribution in [0.5, 0.6) is 0 Å². The van der Waals surface area contributed by atoms with Gasteiger partial charge >= 0.3 is 12.3 Å². The summed E-state index contributed by atoms with van der Waals surface area (Å²) in [4.78, 5) is 20.0.